The maximum Gasteiger partial charge on any atom is 0.325 e. The minimum absolute atomic E-state index is 0.0800. The summed E-state index contributed by atoms with van der Waals surface area (Å²) in [7, 11) is 4.51. The summed E-state index contributed by atoms with van der Waals surface area (Å²) < 4.78 is 17.8. The zero-order valence-electron chi connectivity index (χ0n) is 24.4. The molecule has 4 aromatic rings. The van der Waals surface area contributed by atoms with E-state index in [0.29, 0.717) is 33.3 Å². The van der Waals surface area contributed by atoms with Crippen molar-refractivity contribution in [3.05, 3.63) is 57.6 Å². The number of fused-ring (bicyclic) bond motifs is 1. The van der Waals surface area contributed by atoms with Crippen LogP contribution in [0.1, 0.15) is 59.5 Å². The highest BCUT2D eigenvalue weighted by Gasteiger charge is 2.24. The summed E-state index contributed by atoms with van der Waals surface area (Å²) in [5.41, 5.74) is 3.69. The minimum atomic E-state index is -0.438. The number of aromatic nitrogens is 2. The first kappa shape index (κ1) is 29.9. The summed E-state index contributed by atoms with van der Waals surface area (Å²) in [5.74, 6) is 0.995. The van der Waals surface area contributed by atoms with Crippen LogP contribution in [-0.4, -0.2) is 42.8 Å². The fourth-order valence-electron chi connectivity index (χ4n) is 5.75. The molecule has 1 fully saturated rings. The lowest BCUT2D eigenvalue weighted by Gasteiger charge is -2.21. The van der Waals surface area contributed by atoms with Crippen molar-refractivity contribution in [1.82, 2.24) is 9.55 Å². The Bertz CT molecular complexity index is 1610. The van der Waals surface area contributed by atoms with Crippen molar-refractivity contribution in [3.8, 4) is 22.8 Å². The molecule has 1 aliphatic rings. The van der Waals surface area contributed by atoms with Crippen molar-refractivity contribution < 1.29 is 23.8 Å². The van der Waals surface area contributed by atoms with Gasteiger partial charge in [-0.15, -0.1) is 11.3 Å². The Morgan fingerprint density at radius 3 is 2.52 bits per heavy atom. The summed E-state index contributed by atoms with van der Waals surface area (Å²) in [5, 5.41) is 4.79. The molecule has 0 aliphatic heterocycles. The van der Waals surface area contributed by atoms with Crippen LogP contribution in [-0.2, 0) is 22.5 Å². The predicted octanol–water partition coefficient (Wildman–Crippen LogP) is 7.68. The van der Waals surface area contributed by atoms with Gasteiger partial charge in [0.1, 0.15) is 23.7 Å². The van der Waals surface area contributed by atoms with Gasteiger partial charge < -0.3 is 18.8 Å². The van der Waals surface area contributed by atoms with E-state index >= 15 is 0 Å². The maximum absolute atomic E-state index is 13.7. The van der Waals surface area contributed by atoms with Gasteiger partial charge in [-0.25, -0.2) is 4.98 Å². The van der Waals surface area contributed by atoms with Gasteiger partial charge in [0.15, 0.2) is 5.13 Å². The van der Waals surface area contributed by atoms with E-state index in [1.807, 2.05) is 31.2 Å². The molecule has 10 heteroatoms. The molecule has 8 nitrogen and oxygen atoms in total. The third-order valence-corrected chi connectivity index (χ3v) is 9.28. The highest BCUT2D eigenvalue weighted by atomic mass is 35.5. The number of methoxy groups -OCH3 is 3. The molecule has 1 saturated carbocycles. The van der Waals surface area contributed by atoms with Crippen LogP contribution in [0.3, 0.4) is 0 Å². The van der Waals surface area contributed by atoms with E-state index < -0.39 is 5.97 Å². The summed E-state index contributed by atoms with van der Waals surface area (Å²) >= 11 is 7.86. The monoisotopic (exact) mass is 609 g/mol. The SMILES string of the molecule is COC(=O)Cn1c(C(=O)Nc2nc(-c3cc(OC)c(Cl)cc3OC)c(CCC3CCCCC3)s2)cc2cc(C)ccc21. The minimum Gasteiger partial charge on any atom is -0.496 e. The van der Waals surface area contributed by atoms with Gasteiger partial charge in [0.2, 0.25) is 0 Å². The lowest BCUT2D eigenvalue weighted by molar-refractivity contribution is -0.141. The molecule has 42 heavy (non-hydrogen) atoms. The molecule has 1 aliphatic carbocycles. The van der Waals surface area contributed by atoms with Crippen LogP contribution in [0.25, 0.3) is 22.2 Å². The number of rotatable bonds is 10. The first-order valence-electron chi connectivity index (χ1n) is 14.2. The molecule has 0 saturated heterocycles. The van der Waals surface area contributed by atoms with Gasteiger partial charge in [-0.3, -0.25) is 14.9 Å². The van der Waals surface area contributed by atoms with E-state index in [9.17, 15) is 9.59 Å². The van der Waals surface area contributed by atoms with Gasteiger partial charge in [0.25, 0.3) is 5.91 Å². The fraction of sp³-hybridized carbons (Fsp3) is 0.406. The van der Waals surface area contributed by atoms with E-state index in [1.165, 1.54) is 50.6 Å². The second-order valence-corrected chi connectivity index (χ2v) is 12.2. The van der Waals surface area contributed by atoms with Crippen LogP contribution < -0.4 is 14.8 Å². The summed E-state index contributed by atoms with van der Waals surface area (Å²) in [4.78, 5) is 31.9. The van der Waals surface area contributed by atoms with E-state index in [0.717, 1.165) is 45.4 Å². The van der Waals surface area contributed by atoms with Gasteiger partial charge in [0.05, 0.1) is 32.0 Å². The van der Waals surface area contributed by atoms with Gasteiger partial charge in [-0.05, 0) is 49.9 Å². The van der Waals surface area contributed by atoms with E-state index in [1.54, 1.807) is 30.9 Å². The van der Waals surface area contributed by atoms with Gasteiger partial charge in [-0.2, -0.15) is 0 Å². The Labute approximate surface area is 254 Å². The van der Waals surface area contributed by atoms with Crippen molar-refractivity contribution in [2.75, 3.05) is 26.6 Å². The quantitative estimate of drug-likeness (QED) is 0.185. The third kappa shape index (κ3) is 6.42. The highest BCUT2D eigenvalue weighted by molar-refractivity contribution is 7.16. The number of halogens is 1. The molecule has 0 radical (unpaired) electrons. The summed E-state index contributed by atoms with van der Waals surface area (Å²) in [6, 6.07) is 11.2. The molecule has 222 valence electrons. The Morgan fingerprint density at radius 2 is 1.81 bits per heavy atom. The van der Waals surface area contributed by atoms with Crippen LogP contribution >= 0.6 is 22.9 Å². The number of hydrogen-bond acceptors (Lipinski definition) is 7. The van der Waals surface area contributed by atoms with Crippen molar-refractivity contribution in [1.29, 1.82) is 0 Å². The topological polar surface area (TPSA) is 91.7 Å². The average molecular weight is 610 g/mol. The lowest BCUT2D eigenvalue weighted by atomic mass is 9.86. The first-order valence-corrected chi connectivity index (χ1v) is 15.4. The number of nitrogens with one attached hydrogen (secondary N) is 1. The molecule has 2 aromatic heterocycles. The third-order valence-electron chi connectivity index (χ3n) is 7.96. The predicted molar refractivity (Wildman–Crippen MR) is 167 cm³/mol. The highest BCUT2D eigenvalue weighted by Crippen LogP contribution is 2.43. The average Bonchev–Trinajstić information content (AvgIpc) is 3.56. The number of hydrogen-bond donors (Lipinski definition) is 1. The van der Waals surface area contributed by atoms with Crippen molar-refractivity contribution >= 4 is 50.8 Å². The van der Waals surface area contributed by atoms with Crippen LogP contribution in [0.5, 0.6) is 11.5 Å². The second-order valence-electron chi connectivity index (χ2n) is 10.7. The van der Waals surface area contributed by atoms with Crippen LogP contribution in [0.4, 0.5) is 5.13 Å². The zero-order chi connectivity index (χ0) is 29.8. The number of esters is 1. The zero-order valence-corrected chi connectivity index (χ0v) is 26.0. The van der Waals surface area contributed by atoms with Gasteiger partial charge >= 0.3 is 5.97 Å². The molecule has 0 bridgehead atoms. The molecular formula is C32H36ClN3O5S. The van der Waals surface area contributed by atoms with E-state index in [-0.39, 0.29) is 12.5 Å². The number of ether oxygens (including phenoxy) is 3. The van der Waals surface area contributed by atoms with Crippen molar-refractivity contribution in [3.63, 3.8) is 0 Å². The molecule has 1 amide bonds. The number of carbonyl (C=O) groups excluding carboxylic acids is 2. The molecule has 2 aromatic carbocycles. The molecule has 0 spiro atoms. The van der Waals surface area contributed by atoms with Crippen molar-refractivity contribution in [2.24, 2.45) is 5.92 Å². The second kappa shape index (κ2) is 13.2. The van der Waals surface area contributed by atoms with Crippen LogP contribution in [0.15, 0.2) is 36.4 Å². The molecule has 0 atom stereocenters. The Morgan fingerprint density at radius 1 is 1.05 bits per heavy atom. The van der Waals surface area contributed by atoms with Gasteiger partial charge in [0, 0.05) is 27.4 Å². The number of aryl methyl sites for hydroxylation is 2. The number of anilines is 1. The van der Waals surface area contributed by atoms with E-state index in [2.05, 4.69) is 5.32 Å². The number of carbonyl (C=O) groups is 2. The number of thiazole rings is 1. The molecule has 1 N–H and O–H groups in total. The molecule has 2 heterocycles. The first-order chi connectivity index (χ1) is 20.3. The normalized spacial score (nSPS) is 13.7. The number of benzene rings is 2. The Balaban J connectivity index is 1.51. The molecule has 0 unspecified atom stereocenters. The molecular weight excluding hydrogens is 574 g/mol. The van der Waals surface area contributed by atoms with E-state index in [4.69, 9.17) is 30.8 Å². The van der Waals surface area contributed by atoms with Crippen LogP contribution in [0, 0.1) is 12.8 Å². The Hall–Kier alpha value is -3.56. The smallest absolute Gasteiger partial charge is 0.325 e. The van der Waals surface area contributed by atoms with Crippen LogP contribution in [0.2, 0.25) is 5.02 Å². The standard InChI is InChI=1S/C32H36ClN3O5S/c1-19-10-12-24-21(14-19)15-25(36(24)18-29(37)41-4)31(38)35-32-34-30(22-16-27(40-3)23(33)17-26(22)39-2)28(42-32)13-11-20-8-6-5-7-9-20/h10,12,14-17,20H,5-9,11,13,18H2,1-4H3,(H,34,35,38). The maximum atomic E-state index is 13.7. The van der Waals surface area contributed by atoms with Crippen molar-refractivity contribution in [2.45, 2.75) is 58.4 Å². The Kier molecular flexibility index (Phi) is 9.38. The molecule has 5 rings (SSSR count). The fourth-order valence-corrected chi connectivity index (χ4v) is 6.96. The number of nitrogens with zero attached hydrogens (tertiary/aromatic N) is 2. The summed E-state index contributed by atoms with van der Waals surface area (Å²) in [6.07, 6.45) is 8.27. The largest absolute Gasteiger partial charge is 0.496 e. The number of amides is 1. The lowest BCUT2D eigenvalue weighted by Crippen LogP contribution is -2.20. The summed E-state index contributed by atoms with van der Waals surface area (Å²) in [6.45, 7) is 1.91. The van der Waals surface area contributed by atoms with Gasteiger partial charge in [-0.1, -0.05) is 55.3 Å².